The molecule has 0 radical (unpaired) electrons. The molecule has 1 heterocycles. The SMILES string of the molecule is Cc1ccccc1CNc1ccc(N2CCCC(C)C2)cc1. The smallest absolute Gasteiger partial charge is 0.0403 e. The lowest BCUT2D eigenvalue weighted by molar-refractivity contribution is 0.447. The van der Waals surface area contributed by atoms with Crippen molar-refractivity contribution in [2.24, 2.45) is 5.92 Å². The molecule has 1 fully saturated rings. The number of rotatable bonds is 4. The highest BCUT2D eigenvalue weighted by molar-refractivity contribution is 5.55. The number of hydrogen-bond acceptors (Lipinski definition) is 2. The summed E-state index contributed by atoms with van der Waals surface area (Å²) >= 11 is 0. The quantitative estimate of drug-likeness (QED) is 0.867. The van der Waals surface area contributed by atoms with Gasteiger partial charge in [0.25, 0.3) is 0 Å². The molecule has 0 amide bonds. The molecule has 0 saturated carbocycles. The van der Waals surface area contributed by atoms with E-state index < -0.39 is 0 Å². The maximum atomic E-state index is 3.52. The summed E-state index contributed by atoms with van der Waals surface area (Å²) in [6.45, 7) is 7.78. The minimum atomic E-state index is 0.813. The predicted octanol–water partition coefficient (Wildman–Crippen LogP) is 4.84. The lowest BCUT2D eigenvalue weighted by Crippen LogP contribution is -2.34. The van der Waals surface area contributed by atoms with Crippen LogP contribution < -0.4 is 10.2 Å². The Bertz CT molecular complexity index is 603. The van der Waals surface area contributed by atoms with Crippen molar-refractivity contribution in [3.05, 3.63) is 59.7 Å². The van der Waals surface area contributed by atoms with Crippen molar-refractivity contribution in [3.8, 4) is 0 Å². The van der Waals surface area contributed by atoms with E-state index in [1.54, 1.807) is 0 Å². The molecule has 1 atom stereocenters. The lowest BCUT2D eigenvalue weighted by Gasteiger charge is -2.32. The largest absolute Gasteiger partial charge is 0.381 e. The molecular weight excluding hydrogens is 268 g/mol. The van der Waals surface area contributed by atoms with Gasteiger partial charge in [0, 0.05) is 31.0 Å². The fraction of sp³-hybridized carbons (Fsp3) is 0.400. The molecule has 1 aliphatic rings. The first-order valence-corrected chi connectivity index (χ1v) is 8.36. The van der Waals surface area contributed by atoms with Gasteiger partial charge in [0.2, 0.25) is 0 Å². The van der Waals surface area contributed by atoms with Gasteiger partial charge in [-0.25, -0.2) is 0 Å². The molecule has 116 valence electrons. The summed E-state index contributed by atoms with van der Waals surface area (Å²) in [5.41, 5.74) is 5.25. The summed E-state index contributed by atoms with van der Waals surface area (Å²) in [4.78, 5) is 2.51. The van der Waals surface area contributed by atoms with E-state index in [-0.39, 0.29) is 0 Å². The van der Waals surface area contributed by atoms with E-state index in [4.69, 9.17) is 0 Å². The number of benzene rings is 2. The number of aryl methyl sites for hydroxylation is 1. The van der Waals surface area contributed by atoms with Gasteiger partial charge < -0.3 is 10.2 Å². The van der Waals surface area contributed by atoms with Crippen molar-refractivity contribution < 1.29 is 0 Å². The average molecular weight is 294 g/mol. The van der Waals surface area contributed by atoms with E-state index in [1.807, 2.05) is 0 Å². The monoisotopic (exact) mass is 294 g/mol. The van der Waals surface area contributed by atoms with Crippen LogP contribution in [0.5, 0.6) is 0 Å². The van der Waals surface area contributed by atoms with Gasteiger partial charge >= 0.3 is 0 Å². The van der Waals surface area contributed by atoms with Gasteiger partial charge in [-0.1, -0.05) is 31.2 Å². The van der Waals surface area contributed by atoms with Crippen molar-refractivity contribution in [2.75, 3.05) is 23.3 Å². The van der Waals surface area contributed by atoms with E-state index in [0.717, 1.165) is 12.5 Å². The van der Waals surface area contributed by atoms with Gasteiger partial charge in [-0.05, 0) is 61.1 Å². The first-order valence-electron chi connectivity index (χ1n) is 8.36. The summed E-state index contributed by atoms with van der Waals surface area (Å²) in [6, 6.07) is 17.4. The van der Waals surface area contributed by atoms with Gasteiger partial charge in [0.1, 0.15) is 0 Å². The fourth-order valence-electron chi connectivity index (χ4n) is 3.22. The third-order valence-corrected chi connectivity index (χ3v) is 4.63. The van der Waals surface area contributed by atoms with Crippen molar-refractivity contribution in [1.82, 2.24) is 0 Å². The summed E-state index contributed by atoms with van der Waals surface area (Å²) in [5.74, 6) is 0.813. The van der Waals surface area contributed by atoms with Crippen LogP contribution in [0.25, 0.3) is 0 Å². The van der Waals surface area contributed by atoms with Crippen LogP contribution in [0.2, 0.25) is 0 Å². The van der Waals surface area contributed by atoms with E-state index >= 15 is 0 Å². The van der Waals surface area contributed by atoms with Crippen molar-refractivity contribution in [3.63, 3.8) is 0 Å². The molecule has 22 heavy (non-hydrogen) atoms. The first-order chi connectivity index (χ1) is 10.7. The third kappa shape index (κ3) is 3.62. The predicted molar refractivity (Wildman–Crippen MR) is 95.6 cm³/mol. The van der Waals surface area contributed by atoms with Gasteiger partial charge in [-0.2, -0.15) is 0 Å². The van der Waals surface area contributed by atoms with Crippen molar-refractivity contribution >= 4 is 11.4 Å². The Labute approximate surface area is 134 Å². The Hall–Kier alpha value is -1.96. The van der Waals surface area contributed by atoms with Crippen molar-refractivity contribution in [2.45, 2.75) is 33.2 Å². The van der Waals surface area contributed by atoms with Crippen molar-refractivity contribution in [1.29, 1.82) is 0 Å². The highest BCUT2D eigenvalue weighted by atomic mass is 15.1. The van der Waals surface area contributed by atoms with Crippen LogP contribution in [0.15, 0.2) is 48.5 Å². The fourth-order valence-corrected chi connectivity index (χ4v) is 3.22. The summed E-state index contributed by atoms with van der Waals surface area (Å²) in [5, 5.41) is 3.52. The van der Waals surface area contributed by atoms with Crippen LogP contribution in [-0.2, 0) is 6.54 Å². The molecule has 0 spiro atoms. The summed E-state index contributed by atoms with van der Waals surface area (Å²) in [7, 11) is 0. The van der Waals surface area contributed by atoms with Gasteiger partial charge in [0.15, 0.2) is 0 Å². The molecule has 1 saturated heterocycles. The van der Waals surface area contributed by atoms with E-state index in [2.05, 4.69) is 72.6 Å². The zero-order valence-electron chi connectivity index (χ0n) is 13.7. The Morgan fingerprint density at radius 2 is 1.86 bits per heavy atom. The van der Waals surface area contributed by atoms with Gasteiger partial charge in [-0.3, -0.25) is 0 Å². The molecule has 0 bridgehead atoms. The molecule has 2 heteroatoms. The molecule has 0 aliphatic carbocycles. The molecule has 2 nitrogen and oxygen atoms in total. The second-order valence-electron chi connectivity index (χ2n) is 6.52. The summed E-state index contributed by atoms with van der Waals surface area (Å²) < 4.78 is 0. The molecular formula is C20H26N2. The number of anilines is 2. The highest BCUT2D eigenvalue weighted by Gasteiger charge is 2.16. The third-order valence-electron chi connectivity index (χ3n) is 4.63. The molecule has 3 rings (SSSR count). The average Bonchev–Trinajstić information content (AvgIpc) is 2.55. The lowest BCUT2D eigenvalue weighted by atomic mass is 10.00. The Kier molecular flexibility index (Phi) is 4.67. The molecule has 2 aromatic rings. The zero-order chi connectivity index (χ0) is 15.4. The topological polar surface area (TPSA) is 15.3 Å². The zero-order valence-corrected chi connectivity index (χ0v) is 13.7. The van der Waals surface area contributed by atoms with Crippen LogP contribution in [0.3, 0.4) is 0 Å². The molecule has 2 aromatic carbocycles. The van der Waals surface area contributed by atoms with Gasteiger partial charge in [-0.15, -0.1) is 0 Å². The van der Waals surface area contributed by atoms with Crippen LogP contribution >= 0.6 is 0 Å². The number of nitrogens with zero attached hydrogens (tertiary/aromatic N) is 1. The Morgan fingerprint density at radius 3 is 2.59 bits per heavy atom. The first kappa shape index (κ1) is 15.0. The van der Waals surface area contributed by atoms with Crippen LogP contribution in [0.1, 0.15) is 30.9 Å². The number of nitrogens with one attached hydrogen (secondary N) is 1. The Balaban J connectivity index is 1.61. The maximum Gasteiger partial charge on any atom is 0.0403 e. The maximum absolute atomic E-state index is 3.52. The molecule has 1 unspecified atom stereocenters. The minimum absolute atomic E-state index is 0.813. The Morgan fingerprint density at radius 1 is 1.09 bits per heavy atom. The normalized spacial score (nSPS) is 18.3. The van der Waals surface area contributed by atoms with E-state index in [0.29, 0.717) is 0 Å². The van der Waals surface area contributed by atoms with E-state index in [9.17, 15) is 0 Å². The number of hydrogen-bond donors (Lipinski definition) is 1. The molecule has 0 aromatic heterocycles. The summed E-state index contributed by atoms with van der Waals surface area (Å²) in [6.07, 6.45) is 2.68. The second-order valence-corrected chi connectivity index (χ2v) is 6.52. The van der Waals surface area contributed by atoms with Crippen LogP contribution in [0.4, 0.5) is 11.4 Å². The second kappa shape index (κ2) is 6.87. The van der Waals surface area contributed by atoms with Crippen LogP contribution in [-0.4, -0.2) is 13.1 Å². The van der Waals surface area contributed by atoms with E-state index in [1.165, 1.54) is 48.4 Å². The minimum Gasteiger partial charge on any atom is -0.381 e. The van der Waals surface area contributed by atoms with Crippen LogP contribution in [0, 0.1) is 12.8 Å². The molecule has 1 N–H and O–H groups in total. The molecule has 1 aliphatic heterocycles. The standard InChI is InChI=1S/C20H26N2/c1-16-6-5-13-22(15-16)20-11-9-19(10-12-20)21-14-18-8-4-3-7-17(18)2/h3-4,7-12,16,21H,5-6,13-15H2,1-2H3. The van der Waals surface area contributed by atoms with Gasteiger partial charge in [0.05, 0.1) is 0 Å². The highest BCUT2D eigenvalue weighted by Crippen LogP contribution is 2.24. The number of piperidine rings is 1.